The van der Waals surface area contributed by atoms with E-state index in [4.69, 9.17) is 5.73 Å². The summed E-state index contributed by atoms with van der Waals surface area (Å²) in [6.45, 7) is 0. The Hall–Kier alpha value is -1.98. The Bertz CT molecular complexity index is 528. The van der Waals surface area contributed by atoms with Crippen LogP contribution in [0, 0.1) is 0 Å². The van der Waals surface area contributed by atoms with Crippen molar-refractivity contribution in [3.8, 4) is 11.6 Å². The quantitative estimate of drug-likeness (QED) is 0.800. The topological polar surface area (TPSA) is 82.5 Å². The van der Waals surface area contributed by atoms with Gasteiger partial charge in [-0.25, -0.2) is 9.97 Å². The number of imidazole rings is 1. The van der Waals surface area contributed by atoms with Gasteiger partial charge in [0.1, 0.15) is 5.82 Å². The largest absolute Gasteiger partial charge is 0.368 e. The van der Waals surface area contributed by atoms with E-state index in [1.54, 1.807) is 6.20 Å². The Balaban J connectivity index is 2.10. The lowest BCUT2D eigenvalue weighted by Gasteiger charge is -2.03. The van der Waals surface area contributed by atoms with Crippen molar-refractivity contribution in [3.63, 3.8) is 0 Å². The lowest BCUT2D eigenvalue weighted by molar-refractivity contribution is 0.863. The fourth-order valence-electron chi connectivity index (χ4n) is 1.61. The van der Waals surface area contributed by atoms with Gasteiger partial charge in [-0.2, -0.15) is 9.97 Å². The van der Waals surface area contributed by atoms with Crippen LogP contribution in [0.5, 0.6) is 0 Å². The minimum absolute atomic E-state index is 0.273. The molecule has 2 N–H and O–H groups in total. The highest BCUT2D eigenvalue weighted by atomic mass is 15.1. The minimum atomic E-state index is 0.273. The zero-order chi connectivity index (χ0) is 11.1. The summed E-state index contributed by atoms with van der Waals surface area (Å²) >= 11 is 0. The van der Waals surface area contributed by atoms with Crippen LogP contribution in [-0.2, 0) is 7.05 Å². The molecule has 0 aliphatic heterocycles. The molecule has 6 nitrogen and oxygen atoms in total. The second-order valence-corrected chi connectivity index (χ2v) is 4.01. The fraction of sp³-hybridized carbons (Fsp3) is 0.400. The Labute approximate surface area is 92.6 Å². The number of anilines is 1. The smallest absolute Gasteiger partial charge is 0.223 e. The first-order valence-electron chi connectivity index (χ1n) is 5.23. The molecule has 1 aliphatic rings. The molecule has 82 valence electrons. The van der Waals surface area contributed by atoms with Crippen LogP contribution < -0.4 is 5.73 Å². The molecule has 3 rings (SSSR count). The Morgan fingerprint density at radius 3 is 2.75 bits per heavy atom. The second-order valence-electron chi connectivity index (χ2n) is 4.01. The van der Waals surface area contributed by atoms with Crippen LogP contribution in [0.3, 0.4) is 0 Å². The van der Waals surface area contributed by atoms with Crippen molar-refractivity contribution in [2.45, 2.75) is 18.8 Å². The van der Waals surface area contributed by atoms with Gasteiger partial charge in [0.05, 0.1) is 0 Å². The molecule has 0 atom stereocenters. The summed E-state index contributed by atoms with van der Waals surface area (Å²) in [6, 6.07) is 0. The van der Waals surface area contributed by atoms with E-state index in [1.807, 2.05) is 17.8 Å². The zero-order valence-corrected chi connectivity index (χ0v) is 8.96. The molecule has 1 fully saturated rings. The summed E-state index contributed by atoms with van der Waals surface area (Å²) in [5.74, 6) is 2.81. The van der Waals surface area contributed by atoms with E-state index >= 15 is 0 Å². The standard InChI is InChI=1S/C10H12N6/c1-16-5-4-12-9(16)8-13-7(6-2-3-6)14-10(11)15-8/h4-6H,2-3H2,1H3,(H2,11,13,14,15). The van der Waals surface area contributed by atoms with Gasteiger partial charge in [0, 0.05) is 25.4 Å². The van der Waals surface area contributed by atoms with Crippen LogP contribution >= 0.6 is 0 Å². The van der Waals surface area contributed by atoms with Gasteiger partial charge in [-0.3, -0.25) is 0 Å². The lowest BCUT2D eigenvalue weighted by atomic mass is 10.4. The lowest BCUT2D eigenvalue weighted by Crippen LogP contribution is -2.06. The van der Waals surface area contributed by atoms with E-state index < -0.39 is 0 Å². The third-order valence-electron chi connectivity index (χ3n) is 2.63. The average Bonchev–Trinajstić information content (AvgIpc) is 3.01. The van der Waals surface area contributed by atoms with Gasteiger partial charge in [-0.15, -0.1) is 0 Å². The average molecular weight is 216 g/mol. The maximum atomic E-state index is 5.68. The highest BCUT2D eigenvalue weighted by Crippen LogP contribution is 2.38. The predicted octanol–water partition coefficient (Wildman–Crippen LogP) is 0.732. The molecular weight excluding hydrogens is 204 g/mol. The number of nitrogens with zero attached hydrogens (tertiary/aromatic N) is 5. The SMILES string of the molecule is Cn1ccnc1-c1nc(N)nc(C2CC2)n1. The molecule has 1 saturated carbocycles. The maximum absolute atomic E-state index is 5.68. The van der Waals surface area contributed by atoms with Crippen LogP contribution in [-0.4, -0.2) is 24.5 Å². The molecule has 0 radical (unpaired) electrons. The molecule has 1 aliphatic carbocycles. The Morgan fingerprint density at radius 2 is 2.12 bits per heavy atom. The summed E-state index contributed by atoms with van der Waals surface area (Å²) in [6.07, 6.45) is 5.85. The molecule has 0 bridgehead atoms. The number of nitrogens with two attached hydrogens (primary N) is 1. The number of nitrogen functional groups attached to an aromatic ring is 1. The molecule has 2 aromatic heterocycles. The van der Waals surface area contributed by atoms with Crippen molar-refractivity contribution in [3.05, 3.63) is 18.2 Å². The number of hydrogen-bond donors (Lipinski definition) is 1. The summed E-state index contributed by atoms with van der Waals surface area (Å²) < 4.78 is 1.87. The summed E-state index contributed by atoms with van der Waals surface area (Å²) in [4.78, 5) is 16.9. The number of aryl methyl sites for hydroxylation is 1. The van der Waals surface area contributed by atoms with Crippen molar-refractivity contribution in [2.24, 2.45) is 7.05 Å². The number of aromatic nitrogens is 5. The fourth-order valence-corrected chi connectivity index (χ4v) is 1.61. The molecule has 16 heavy (non-hydrogen) atoms. The van der Waals surface area contributed by atoms with Crippen molar-refractivity contribution < 1.29 is 0 Å². The normalized spacial score (nSPS) is 15.3. The van der Waals surface area contributed by atoms with Crippen LogP contribution in [0.4, 0.5) is 5.95 Å². The third-order valence-corrected chi connectivity index (χ3v) is 2.63. The number of hydrogen-bond acceptors (Lipinski definition) is 5. The zero-order valence-electron chi connectivity index (χ0n) is 8.96. The van der Waals surface area contributed by atoms with Crippen molar-refractivity contribution in [1.29, 1.82) is 0 Å². The molecule has 0 aromatic carbocycles. The van der Waals surface area contributed by atoms with E-state index in [0.29, 0.717) is 11.7 Å². The minimum Gasteiger partial charge on any atom is -0.368 e. The van der Waals surface area contributed by atoms with E-state index in [9.17, 15) is 0 Å². The molecule has 2 aromatic rings. The third kappa shape index (κ3) is 1.52. The van der Waals surface area contributed by atoms with Gasteiger partial charge >= 0.3 is 0 Å². The van der Waals surface area contributed by atoms with Gasteiger partial charge in [0.15, 0.2) is 5.82 Å². The molecule has 0 amide bonds. The predicted molar refractivity (Wildman–Crippen MR) is 58.4 cm³/mol. The maximum Gasteiger partial charge on any atom is 0.223 e. The summed E-state index contributed by atoms with van der Waals surface area (Å²) in [5.41, 5.74) is 5.68. The van der Waals surface area contributed by atoms with E-state index in [1.165, 1.54) is 0 Å². The molecule has 0 spiro atoms. The first-order chi connectivity index (χ1) is 7.74. The van der Waals surface area contributed by atoms with Crippen LogP contribution in [0.1, 0.15) is 24.6 Å². The van der Waals surface area contributed by atoms with Crippen LogP contribution in [0.15, 0.2) is 12.4 Å². The van der Waals surface area contributed by atoms with E-state index in [2.05, 4.69) is 19.9 Å². The monoisotopic (exact) mass is 216 g/mol. The highest BCUT2D eigenvalue weighted by Gasteiger charge is 2.28. The van der Waals surface area contributed by atoms with Gasteiger partial charge in [-0.05, 0) is 12.8 Å². The van der Waals surface area contributed by atoms with E-state index in [0.717, 1.165) is 24.5 Å². The van der Waals surface area contributed by atoms with Crippen molar-refractivity contribution in [1.82, 2.24) is 24.5 Å². The highest BCUT2D eigenvalue weighted by molar-refractivity contribution is 5.46. The van der Waals surface area contributed by atoms with Gasteiger partial charge in [-0.1, -0.05) is 0 Å². The van der Waals surface area contributed by atoms with Crippen LogP contribution in [0.25, 0.3) is 11.6 Å². The van der Waals surface area contributed by atoms with Gasteiger partial charge < -0.3 is 10.3 Å². The van der Waals surface area contributed by atoms with Crippen molar-refractivity contribution in [2.75, 3.05) is 5.73 Å². The molecule has 2 heterocycles. The molecule has 0 saturated heterocycles. The molecular formula is C10H12N6. The van der Waals surface area contributed by atoms with Crippen LogP contribution in [0.2, 0.25) is 0 Å². The van der Waals surface area contributed by atoms with Crippen molar-refractivity contribution >= 4 is 5.95 Å². The first-order valence-corrected chi connectivity index (χ1v) is 5.23. The number of rotatable bonds is 2. The summed E-state index contributed by atoms with van der Waals surface area (Å²) in [5, 5.41) is 0. The molecule has 6 heteroatoms. The van der Waals surface area contributed by atoms with Gasteiger partial charge in [0.2, 0.25) is 11.8 Å². The Morgan fingerprint density at radius 1 is 1.31 bits per heavy atom. The van der Waals surface area contributed by atoms with E-state index in [-0.39, 0.29) is 5.95 Å². The summed E-state index contributed by atoms with van der Waals surface area (Å²) in [7, 11) is 1.90. The second kappa shape index (κ2) is 3.26. The first kappa shape index (κ1) is 9.26. The Kier molecular flexibility index (Phi) is 1.89. The van der Waals surface area contributed by atoms with Gasteiger partial charge in [0.25, 0.3) is 0 Å². The molecule has 0 unspecified atom stereocenters.